The summed E-state index contributed by atoms with van der Waals surface area (Å²) in [6, 6.07) is 6.78. The van der Waals surface area contributed by atoms with Crippen molar-refractivity contribution < 1.29 is 9.47 Å². The van der Waals surface area contributed by atoms with Gasteiger partial charge in [0.25, 0.3) is 0 Å². The van der Waals surface area contributed by atoms with Crippen LogP contribution in [-0.4, -0.2) is 24.3 Å². The molecule has 1 heterocycles. The Morgan fingerprint density at radius 3 is 2.84 bits per heavy atom. The highest BCUT2D eigenvalue weighted by molar-refractivity contribution is 7.99. The molecule has 0 atom stereocenters. The molecular formula is C15H21NO2S. The number of ether oxygens (including phenoxy) is 2. The summed E-state index contributed by atoms with van der Waals surface area (Å²) in [5, 5.41) is 4.54. The quantitative estimate of drug-likeness (QED) is 0.917. The van der Waals surface area contributed by atoms with E-state index < -0.39 is 0 Å². The van der Waals surface area contributed by atoms with Crippen LogP contribution in [0.5, 0.6) is 11.5 Å². The van der Waals surface area contributed by atoms with Crippen LogP contribution in [0.25, 0.3) is 0 Å². The molecule has 0 saturated heterocycles. The first-order valence-corrected chi connectivity index (χ1v) is 8.29. The van der Waals surface area contributed by atoms with E-state index in [1.807, 2.05) is 23.9 Å². The number of fused-ring (bicyclic) bond motifs is 1. The predicted molar refractivity (Wildman–Crippen MR) is 79.0 cm³/mol. The Hall–Kier alpha value is -0.870. The molecule has 1 saturated carbocycles. The molecule has 0 aromatic heterocycles. The summed E-state index contributed by atoms with van der Waals surface area (Å²) in [6.07, 6.45) is 7.48. The Labute approximate surface area is 119 Å². The van der Waals surface area contributed by atoms with Crippen LogP contribution in [-0.2, 0) is 6.54 Å². The van der Waals surface area contributed by atoms with Gasteiger partial charge < -0.3 is 14.8 Å². The average molecular weight is 279 g/mol. The lowest BCUT2D eigenvalue weighted by Crippen LogP contribution is -2.33. The lowest BCUT2D eigenvalue weighted by molar-refractivity contribution is 0.173. The van der Waals surface area contributed by atoms with Crippen molar-refractivity contribution >= 4 is 11.8 Å². The van der Waals surface area contributed by atoms with Gasteiger partial charge in [-0.05, 0) is 38.0 Å². The molecule has 1 fully saturated rings. The van der Waals surface area contributed by atoms with Crippen LogP contribution in [0.4, 0.5) is 0 Å². The molecule has 1 aromatic rings. The van der Waals surface area contributed by atoms with Crippen LogP contribution >= 0.6 is 11.8 Å². The standard InChI is InChI=1S/C15H21NO2S/c1-19-13-7-5-12(6-8-13)16-9-11-3-2-4-14-15(11)18-10-17-14/h2-4,12-13,16H,5-10H2,1H3. The topological polar surface area (TPSA) is 30.5 Å². The fraction of sp³-hybridized carbons (Fsp3) is 0.600. The van der Waals surface area contributed by atoms with Crippen molar-refractivity contribution in [2.24, 2.45) is 0 Å². The van der Waals surface area contributed by atoms with Gasteiger partial charge >= 0.3 is 0 Å². The highest BCUT2D eigenvalue weighted by Gasteiger charge is 2.21. The number of benzene rings is 1. The number of hydrogen-bond donors (Lipinski definition) is 1. The van der Waals surface area contributed by atoms with Gasteiger partial charge in [-0.15, -0.1) is 0 Å². The molecule has 0 amide bonds. The molecule has 0 bridgehead atoms. The third-order valence-corrected chi connectivity index (χ3v) is 5.20. The number of hydrogen-bond acceptors (Lipinski definition) is 4. The fourth-order valence-electron chi connectivity index (χ4n) is 2.89. The van der Waals surface area contributed by atoms with E-state index in [9.17, 15) is 0 Å². The second kappa shape index (κ2) is 6.06. The first-order valence-electron chi connectivity index (χ1n) is 7.00. The van der Waals surface area contributed by atoms with Gasteiger partial charge in [0.15, 0.2) is 11.5 Å². The monoisotopic (exact) mass is 279 g/mol. The largest absolute Gasteiger partial charge is 0.454 e. The Morgan fingerprint density at radius 2 is 2.05 bits per heavy atom. The first kappa shape index (κ1) is 13.1. The van der Waals surface area contributed by atoms with E-state index in [1.165, 1.54) is 31.2 Å². The molecule has 4 heteroatoms. The van der Waals surface area contributed by atoms with Gasteiger partial charge in [-0.1, -0.05) is 12.1 Å². The van der Waals surface area contributed by atoms with E-state index in [2.05, 4.69) is 17.6 Å². The second-order valence-electron chi connectivity index (χ2n) is 5.24. The molecule has 1 aliphatic heterocycles. The van der Waals surface area contributed by atoms with Crippen molar-refractivity contribution in [2.45, 2.75) is 43.5 Å². The van der Waals surface area contributed by atoms with Crippen LogP contribution in [0, 0.1) is 0 Å². The Kier molecular flexibility index (Phi) is 4.18. The number of rotatable bonds is 4. The van der Waals surface area contributed by atoms with Gasteiger partial charge in [-0.25, -0.2) is 0 Å². The van der Waals surface area contributed by atoms with Gasteiger partial charge in [0, 0.05) is 23.4 Å². The zero-order valence-corrected chi connectivity index (χ0v) is 12.2. The fourth-order valence-corrected chi connectivity index (χ4v) is 3.63. The maximum atomic E-state index is 5.54. The molecule has 2 aliphatic rings. The van der Waals surface area contributed by atoms with Crippen molar-refractivity contribution in [3.8, 4) is 11.5 Å². The summed E-state index contributed by atoms with van der Waals surface area (Å²) in [5.74, 6) is 1.80. The number of nitrogens with one attached hydrogen (secondary N) is 1. The van der Waals surface area contributed by atoms with Gasteiger partial charge in [0.2, 0.25) is 6.79 Å². The molecular weight excluding hydrogens is 258 g/mol. The summed E-state index contributed by atoms with van der Waals surface area (Å²) in [6.45, 7) is 1.23. The van der Waals surface area contributed by atoms with Crippen molar-refractivity contribution in [2.75, 3.05) is 13.0 Å². The lowest BCUT2D eigenvalue weighted by atomic mass is 9.95. The first-order chi connectivity index (χ1) is 9.36. The SMILES string of the molecule is CSC1CCC(NCc2cccc3c2OCO3)CC1. The van der Waals surface area contributed by atoms with Gasteiger partial charge in [-0.2, -0.15) is 11.8 Å². The van der Waals surface area contributed by atoms with E-state index in [4.69, 9.17) is 9.47 Å². The van der Waals surface area contributed by atoms with E-state index in [1.54, 1.807) is 0 Å². The minimum Gasteiger partial charge on any atom is -0.454 e. The Balaban J connectivity index is 1.54. The summed E-state index contributed by atoms with van der Waals surface area (Å²) in [7, 11) is 0. The highest BCUT2D eigenvalue weighted by Crippen LogP contribution is 2.35. The van der Waals surface area contributed by atoms with E-state index >= 15 is 0 Å². The zero-order valence-electron chi connectivity index (χ0n) is 11.4. The van der Waals surface area contributed by atoms with Crippen molar-refractivity contribution in [1.29, 1.82) is 0 Å². The smallest absolute Gasteiger partial charge is 0.231 e. The van der Waals surface area contributed by atoms with Crippen LogP contribution < -0.4 is 14.8 Å². The van der Waals surface area contributed by atoms with E-state index in [-0.39, 0.29) is 0 Å². The molecule has 3 nitrogen and oxygen atoms in total. The van der Waals surface area contributed by atoms with E-state index in [0.29, 0.717) is 12.8 Å². The molecule has 104 valence electrons. The van der Waals surface area contributed by atoms with Crippen LogP contribution in [0.3, 0.4) is 0 Å². The van der Waals surface area contributed by atoms with Gasteiger partial charge in [-0.3, -0.25) is 0 Å². The molecule has 19 heavy (non-hydrogen) atoms. The molecule has 0 radical (unpaired) electrons. The molecule has 1 aromatic carbocycles. The molecule has 1 N–H and O–H groups in total. The van der Waals surface area contributed by atoms with E-state index in [0.717, 1.165) is 23.3 Å². The van der Waals surface area contributed by atoms with Crippen molar-refractivity contribution in [3.05, 3.63) is 23.8 Å². The third-order valence-electron chi connectivity index (χ3n) is 4.07. The van der Waals surface area contributed by atoms with Crippen LogP contribution in [0.2, 0.25) is 0 Å². The summed E-state index contributed by atoms with van der Waals surface area (Å²) < 4.78 is 10.9. The maximum absolute atomic E-state index is 5.54. The highest BCUT2D eigenvalue weighted by atomic mass is 32.2. The number of thioether (sulfide) groups is 1. The molecule has 0 unspecified atom stereocenters. The third kappa shape index (κ3) is 3.00. The summed E-state index contributed by atoms with van der Waals surface area (Å²) in [4.78, 5) is 0. The molecule has 1 aliphatic carbocycles. The van der Waals surface area contributed by atoms with Gasteiger partial charge in [0.1, 0.15) is 0 Å². The lowest BCUT2D eigenvalue weighted by Gasteiger charge is -2.28. The number of para-hydroxylation sites is 1. The van der Waals surface area contributed by atoms with Crippen molar-refractivity contribution in [3.63, 3.8) is 0 Å². The van der Waals surface area contributed by atoms with Crippen LogP contribution in [0.1, 0.15) is 31.2 Å². The normalized spacial score (nSPS) is 25.5. The van der Waals surface area contributed by atoms with Crippen molar-refractivity contribution in [1.82, 2.24) is 5.32 Å². The zero-order chi connectivity index (χ0) is 13.1. The summed E-state index contributed by atoms with van der Waals surface area (Å²) >= 11 is 2.01. The van der Waals surface area contributed by atoms with Crippen LogP contribution in [0.15, 0.2) is 18.2 Å². The Bertz CT molecular complexity index is 430. The van der Waals surface area contributed by atoms with Gasteiger partial charge in [0.05, 0.1) is 0 Å². The average Bonchev–Trinajstić information content (AvgIpc) is 2.94. The predicted octanol–water partition coefficient (Wildman–Crippen LogP) is 3.18. The summed E-state index contributed by atoms with van der Waals surface area (Å²) in [5.41, 5.74) is 1.21. The molecule has 3 rings (SSSR count). The molecule has 0 spiro atoms. The Morgan fingerprint density at radius 1 is 1.21 bits per heavy atom. The maximum Gasteiger partial charge on any atom is 0.231 e. The minimum absolute atomic E-state index is 0.352. The second-order valence-corrected chi connectivity index (χ2v) is 6.38. The minimum atomic E-state index is 0.352.